The molecule has 0 aliphatic rings. The lowest BCUT2D eigenvalue weighted by Gasteiger charge is -2.07. The number of rotatable bonds is 1. The first kappa shape index (κ1) is 31.7. The van der Waals surface area contributed by atoms with E-state index in [-0.39, 0.29) is 0 Å². The summed E-state index contributed by atoms with van der Waals surface area (Å²) in [5.74, 6) is 1.73. The van der Waals surface area contributed by atoms with Crippen molar-refractivity contribution in [1.82, 2.24) is 37.7 Å². The van der Waals surface area contributed by atoms with Crippen molar-refractivity contribution in [2.24, 2.45) is 0 Å². The molecule has 0 saturated heterocycles. The Labute approximate surface area is 339 Å². The zero-order valence-corrected chi connectivity index (χ0v) is 31.9. The molecule has 0 aliphatic carbocycles. The first-order chi connectivity index (χ1) is 29.8. The van der Waals surface area contributed by atoms with Crippen LogP contribution in [-0.4, -0.2) is 37.7 Å². The van der Waals surface area contributed by atoms with E-state index in [0.717, 1.165) is 93.1 Å². The van der Waals surface area contributed by atoms with E-state index in [4.69, 9.17) is 19.9 Å². The van der Waals surface area contributed by atoms with Crippen LogP contribution in [-0.2, 0) is 0 Å². The predicted octanol–water partition coefficient (Wildman–Crippen LogP) is 12.3. The molecule has 0 atom stereocenters. The molecule has 14 aromatic rings. The van der Waals surface area contributed by atoms with Crippen LogP contribution in [0.4, 0.5) is 0 Å². The quantitative estimate of drug-likeness (QED) is 0.167. The fraction of sp³-hybridized carbons (Fsp3) is 0. The van der Waals surface area contributed by atoms with Gasteiger partial charge in [-0.2, -0.15) is 15.0 Å². The highest BCUT2D eigenvalue weighted by atomic mass is 15.3. The van der Waals surface area contributed by atoms with Gasteiger partial charge >= 0.3 is 0 Å². The lowest BCUT2D eigenvalue weighted by molar-refractivity contribution is 0.959. The summed E-state index contributed by atoms with van der Waals surface area (Å²) in [6, 6.07) is 64.6. The molecule has 0 radical (unpaired) electrons. The Balaban J connectivity index is 1.34. The molecule has 0 spiro atoms. The predicted molar refractivity (Wildman–Crippen MR) is 245 cm³/mol. The maximum Gasteiger partial charge on any atom is 0.242 e. The maximum atomic E-state index is 5.53. The van der Waals surface area contributed by atoms with E-state index in [1.165, 1.54) is 10.8 Å². The Hall–Kier alpha value is -8.36. The smallest absolute Gasteiger partial charge is 0.242 e. The van der Waals surface area contributed by atoms with Gasteiger partial charge in [0.25, 0.3) is 0 Å². The third kappa shape index (κ3) is 4.08. The molecule has 278 valence electrons. The van der Waals surface area contributed by atoms with Gasteiger partial charge in [0.2, 0.25) is 17.5 Å². The van der Waals surface area contributed by atoms with Crippen molar-refractivity contribution in [2.75, 3.05) is 0 Å². The molecule has 6 heterocycles. The van der Waals surface area contributed by atoms with Crippen molar-refractivity contribution in [3.05, 3.63) is 182 Å². The maximum absolute atomic E-state index is 5.53. The number of fused-ring (bicyclic) bond motifs is 20. The largest absolute Gasteiger partial charge is 0.308 e. The molecule has 2 bridgehead atoms. The van der Waals surface area contributed by atoms with Crippen molar-refractivity contribution >= 4 is 115 Å². The monoisotopic (exact) mass is 766 g/mol. The van der Waals surface area contributed by atoms with Crippen LogP contribution in [0.1, 0.15) is 0 Å². The molecule has 0 fully saturated rings. The van der Waals surface area contributed by atoms with E-state index in [9.17, 15) is 0 Å². The van der Waals surface area contributed by atoms with Crippen LogP contribution in [0.3, 0.4) is 0 Å². The van der Waals surface area contributed by atoms with Gasteiger partial charge in [0, 0.05) is 37.7 Å². The molecule has 6 aromatic heterocycles. The molecular formula is C52H30N8. The van der Waals surface area contributed by atoms with Crippen molar-refractivity contribution < 1.29 is 0 Å². The summed E-state index contributed by atoms with van der Waals surface area (Å²) in [4.78, 5) is 21.7. The number of hydrogen-bond donors (Lipinski definition) is 0. The lowest BCUT2D eigenvalue weighted by Crippen LogP contribution is -2.05. The van der Waals surface area contributed by atoms with E-state index in [1.54, 1.807) is 0 Å². The van der Waals surface area contributed by atoms with Crippen LogP contribution >= 0.6 is 0 Å². The van der Waals surface area contributed by atoms with E-state index in [1.807, 2.05) is 6.07 Å². The van der Waals surface area contributed by atoms with Gasteiger partial charge in [-0.15, -0.1) is 0 Å². The molecule has 0 amide bonds. The first-order valence-electron chi connectivity index (χ1n) is 20.2. The number of nitrogens with zero attached hydrogens (tertiary/aromatic N) is 8. The fourth-order valence-electron chi connectivity index (χ4n) is 9.96. The van der Waals surface area contributed by atoms with E-state index in [2.05, 4.69) is 194 Å². The summed E-state index contributed by atoms with van der Waals surface area (Å²) in [5.41, 5.74) is 9.70. The van der Waals surface area contributed by atoms with Gasteiger partial charge in [0.05, 0.1) is 49.7 Å². The third-order valence-corrected chi connectivity index (χ3v) is 12.4. The van der Waals surface area contributed by atoms with Gasteiger partial charge < -0.3 is 4.40 Å². The molecule has 0 unspecified atom stereocenters. The van der Waals surface area contributed by atoms with Crippen LogP contribution in [0.2, 0.25) is 0 Å². The summed E-state index contributed by atoms with van der Waals surface area (Å²) in [6.07, 6.45) is 0. The summed E-state index contributed by atoms with van der Waals surface area (Å²) in [7, 11) is 0. The lowest BCUT2D eigenvalue weighted by atomic mass is 10.0. The summed E-state index contributed by atoms with van der Waals surface area (Å²) < 4.78 is 8.95. The van der Waals surface area contributed by atoms with Crippen LogP contribution in [0.25, 0.3) is 121 Å². The fourth-order valence-corrected chi connectivity index (χ4v) is 9.96. The van der Waals surface area contributed by atoms with E-state index >= 15 is 0 Å². The Bertz CT molecular complexity index is 4260. The van der Waals surface area contributed by atoms with Gasteiger partial charge in [-0.05, 0) is 59.3 Å². The minimum absolute atomic E-state index is 0.480. The highest BCUT2D eigenvalue weighted by molar-refractivity contribution is 6.25. The molecule has 0 aliphatic heterocycles. The normalized spacial score (nSPS) is 12.3. The van der Waals surface area contributed by atoms with E-state index < -0.39 is 0 Å². The SMILES string of the molecule is c1ccc2c(c1)nc1n(-c3nc4nc(n3)n3c5ccccc5c5cccc(c6ccccc6c6cccc7c8ccccc8n(c8ccccc48)c67)c53)c3ccccc3n21. The van der Waals surface area contributed by atoms with Crippen molar-refractivity contribution in [2.45, 2.75) is 0 Å². The standard InChI is InChI=1S/C52H30N8/c1-2-16-32-31(15-1)35-20-13-22-37-33-17-3-7-25-41(33)57(47(35)37)43-27-9-5-19-39(43)49-54-50(59-42-26-8-4-18-34(42)38-23-14-21-36(32)48(38)59)56-51(55-49)60-46-30-12-11-29-45(46)58-44-28-10-6-24-40(44)53-52(58)60/h1-30H. The van der Waals surface area contributed by atoms with Crippen LogP contribution in [0, 0.1) is 0 Å². The molecule has 14 rings (SSSR count). The molecule has 0 N–H and O–H groups in total. The number of hydrogen-bond acceptors (Lipinski definition) is 4. The van der Waals surface area contributed by atoms with Crippen LogP contribution in [0.5, 0.6) is 0 Å². The number of imidazole rings is 2. The van der Waals surface area contributed by atoms with Gasteiger partial charge in [0.15, 0.2) is 5.65 Å². The number of benzene rings is 8. The van der Waals surface area contributed by atoms with Crippen molar-refractivity contribution in [3.8, 4) is 5.95 Å². The van der Waals surface area contributed by atoms with Gasteiger partial charge in [-0.1, -0.05) is 133 Å². The van der Waals surface area contributed by atoms with Crippen LogP contribution in [0.15, 0.2) is 182 Å². The van der Waals surface area contributed by atoms with Gasteiger partial charge in [-0.3, -0.25) is 8.80 Å². The van der Waals surface area contributed by atoms with E-state index in [0.29, 0.717) is 17.4 Å². The average molecular weight is 767 g/mol. The third-order valence-electron chi connectivity index (χ3n) is 12.4. The highest BCUT2D eigenvalue weighted by Crippen LogP contribution is 2.39. The number of aromatic nitrogens is 8. The van der Waals surface area contributed by atoms with Gasteiger partial charge in [-0.25, -0.2) is 9.55 Å². The first-order valence-corrected chi connectivity index (χ1v) is 20.2. The Morgan fingerprint density at radius 2 is 0.733 bits per heavy atom. The van der Waals surface area contributed by atoms with Crippen molar-refractivity contribution in [3.63, 3.8) is 0 Å². The minimum atomic E-state index is 0.480. The van der Waals surface area contributed by atoms with Crippen LogP contribution < -0.4 is 0 Å². The topological polar surface area (TPSA) is 69.7 Å². The molecular weight excluding hydrogens is 737 g/mol. The molecule has 0 saturated carbocycles. The molecule has 60 heavy (non-hydrogen) atoms. The van der Waals surface area contributed by atoms with Gasteiger partial charge in [0.1, 0.15) is 0 Å². The molecule has 8 nitrogen and oxygen atoms in total. The number of para-hydroxylation sites is 9. The summed E-state index contributed by atoms with van der Waals surface area (Å²) >= 11 is 0. The molecule has 8 heteroatoms. The Morgan fingerprint density at radius 3 is 1.38 bits per heavy atom. The zero-order valence-electron chi connectivity index (χ0n) is 31.9. The minimum Gasteiger partial charge on any atom is -0.308 e. The molecule has 8 aromatic carbocycles. The summed E-state index contributed by atoms with van der Waals surface area (Å²) in [6.45, 7) is 0. The summed E-state index contributed by atoms with van der Waals surface area (Å²) in [5, 5.41) is 10.00. The second-order valence-electron chi connectivity index (χ2n) is 15.5. The van der Waals surface area contributed by atoms with Crippen molar-refractivity contribution in [1.29, 1.82) is 0 Å². The Kier molecular flexibility index (Phi) is 6.14. The second kappa shape index (κ2) is 11.6. The second-order valence-corrected chi connectivity index (χ2v) is 15.5. The Morgan fingerprint density at radius 1 is 0.283 bits per heavy atom. The zero-order chi connectivity index (χ0) is 39.1. The average Bonchev–Trinajstić information content (AvgIpc) is 4.04. The highest BCUT2D eigenvalue weighted by Gasteiger charge is 2.22.